The summed E-state index contributed by atoms with van der Waals surface area (Å²) in [5.41, 5.74) is 0.613. The van der Waals surface area contributed by atoms with Crippen LogP contribution in [0.2, 0.25) is 0 Å². The zero-order chi connectivity index (χ0) is 17.2. The fourth-order valence-electron chi connectivity index (χ4n) is 2.03. The van der Waals surface area contributed by atoms with Crippen LogP contribution in [0.25, 0.3) is 0 Å². The molecule has 2 nitrogen and oxygen atoms in total. The van der Waals surface area contributed by atoms with Gasteiger partial charge in [-0.2, -0.15) is 0 Å². The molecular formula is C18H18Br2F2O2. The van der Waals surface area contributed by atoms with Crippen LogP contribution in [-0.2, 0) is 5.60 Å². The van der Waals surface area contributed by atoms with Crippen molar-refractivity contribution in [3.63, 3.8) is 0 Å². The fraction of sp³-hybridized carbons (Fsp3) is 0.278. The van der Waals surface area contributed by atoms with E-state index in [2.05, 4.69) is 31.9 Å². The highest BCUT2D eigenvalue weighted by Crippen LogP contribution is 2.47. The minimum absolute atomic E-state index is 0. The quantitative estimate of drug-likeness (QED) is 0.555. The number of hydrogen-bond acceptors (Lipinski definition) is 2. The van der Waals surface area contributed by atoms with E-state index in [1.165, 1.54) is 37.3 Å². The standard InChI is InChI=1S/C9H8BrFO.C8H6BrFO.CH4/c10-8-5-6(11)1-2-7(8)9(12)3-4-9;1-5(11)7-3-2-6(10)4-8(7)9;/h1-2,5,12H,3-4H2;2-4H,1H3;1H4. The molecule has 1 aliphatic rings. The number of carbonyl (C=O) groups excluding carboxylic acids is 1. The van der Waals surface area contributed by atoms with Gasteiger partial charge in [-0.25, -0.2) is 8.78 Å². The van der Waals surface area contributed by atoms with Crippen LogP contribution >= 0.6 is 31.9 Å². The summed E-state index contributed by atoms with van der Waals surface area (Å²) in [5, 5.41) is 9.72. The smallest absolute Gasteiger partial charge is 0.160 e. The van der Waals surface area contributed by atoms with Gasteiger partial charge in [0, 0.05) is 14.5 Å². The lowest BCUT2D eigenvalue weighted by Gasteiger charge is -2.09. The van der Waals surface area contributed by atoms with E-state index in [4.69, 9.17) is 0 Å². The summed E-state index contributed by atoms with van der Waals surface area (Å²) >= 11 is 6.31. The number of halogens is 4. The average Bonchev–Trinajstić information content (AvgIpc) is 3.17. The maximum atomic E-state index is 12.6. The molecule has 24 heavy (non-hydrogen) atoms. The molecule has 0 spiro atoms. The summed E-state index contributed by atoms with van der Waals surface area (Å²) in [7, 11) is 0. The highest BCUT2D eigenvalue weighted by atomic mass is 79.9. The van der Waals surface area contributed by atoms with Crippen LogP contribution in [-0.4, -0.2) is 10.9 Å². The summed E-state index contributed by atoms with van der Waals surface area (Å²) < 4.78 is 26.3. The summed E-state index contributed by atoms with van der Waals surface area (Å²) in [4.78, 5) is 10.8. The molecule has 0 aliphatic heterocycles. The first kappa shape index (κ1) is 20.9. The van der Waals surface area contributed by atoms with E-state index >= 15 is 0 Å². The fourth-order valence-corrected chi connectivity index (χ4v) is 3.38. The molecule has 2 aromatic rings. The van der Waals surface area contributed by atoms with Crippen LogP contribution in [0.15, 0.2) is 45.3 Å². The summed E-state index contributed by atoms with van der Waals surface area (Å²) in [6.45, 7) is 1.44. The predicted molar refractivity (Wildman–Crippen MR) is 98.1 cm³/mol. The third-order valence-corrected chi connectivity index (χ3v) is 4.78. The normalized spacial score (nSPS) is 14.1. The lowest BCUT2D eigenvalue weighted by Crippen LogP contribution is -2.04. The molecule has 1 saturated carbocycles. The van der Waals surface area contributed by atoms with Gasteiger partial charge in [-0.3, -0.25) is 4.79 Å². The maximum Gasteiger partial charge on any atom is 0.160 e. The number of aliphatic hydroxyl groups is 1. The second-order valence-electron chi connectivity index (χ2n) is 5.34. The largest absolute Gasteiger partial charge is 0.385 e. The minimum Gasteiger partial charge on any atom is -0.385 e. The molecule has 0 unspecified atom stereocenters. The Morgan fingerprint density at radius 3 is 1.96 bits per heavy atom. The van der Waals surface area contributed by atoms with Gasteiger partial charge in [0.2, 0.25) is 0 Å². The predicted octanol–water partition coefficient (Wildman–Crippen LogP) is 6.00. The number of ketones is 1. The third-order valence-electron chi connectivity index (χ3n) is 3.47. The van der Waals surface area contributed by atoms with Crippen molar-refractivity contribution in [1.29, 1.82) is 0 Å². The van der Waals surface area contributed by atoms with Crippen molar-refractivity contribution in [2.24, 2.45) is 0 Å². The molecule has 0 aromatic heterocycles. The van der Waals surface area contributed by atoms with Crippen molar-refractivity contribution < 1.29 is 18.7 Å². The molecule has 1 N–H and O–H groups in total. The lowest BCUT2D eigenvalue weighted by molar-refractivity contribution is 0.101. The van der Waals surface area contributed by atoms with E-state index in [0.29, 0.717) is 14.5 Å². The Hall–Kier alpha value is -1.11. The van der Waals surface area contributed by atoms with E-state index in [9.17, 15) is 18.7 Å². The van der Waals surface area contributed by atoms with Crippen molar-refractivity contribution in [2.75, 3.05) is 0 Å². The Bertz CT molecular complexity index is 744. The van der Waals surface area contributed by atoms with Crippen molar-refractivity contribution in [3.05, 3.63) is 68.1 Å². The highest BCUT2D eigenvalue weighted by Gasteiger charge is 2.43. The lowest BCUT2D eigenvalue weighted by atomic mass is 10.1. The Morgan fingerprint density at radius 1 is 1.04 bits per heavy atom. The zero-order valence-electron chi connectivity index (χ0n) is 12.2. The first-order valence-corrected chi connectivity index (χ1v) is 8.45. The Labute approximate surface area is 157 Å². The summed E-state index contributed by atoms with van der Waals surface area (Å²) in [6.07, 6.45) is 1.55. The molecule has 0 saturated heterocycles. The van der Waals surface area contributed by atoms with Crippen LogP contribution in [0.4, 0.5) is 8.78 Å². The van der Waals surface area contributed by atoms with Gasteiger partial charge in [-0.1, -0.05) is 29.4 Å². The van der Waals surface area contributed by atoms with Crippen molar-refractivity contribution in [1.82, 2.24) is 0 Å². The maximum absolute atomic E-state index is 12.6. The topological polar surface area (TPSA) is 37.3 Å². The van der Waals surface area contributed by atoms with Crippen LogP contribution in [0.3, 0.4) is 0 Å². The second-order valence-corrected chi connectivity index (χ2v) is 7.04. The van der Waals surface area contributed by atoms with E-state index in [-0.39, 0.29) is 24.8 Å². The van der Waals surface area contributed by atoms with E-state index in [1.807, 2.05) is 0 Å². The van der Waals surface area contributed by atoms with Gasteiger partial charge in [0.05, 0.1) is 5.60 Å². The number of benzene rings is 2. The molecule has 0 heterocycles. The monoisotopic (exact) mass is 462 g/mol. The van der Waals surface area contributed by atoms with Gasteiger partial charge in [0.15, 0.2) is 5.78 Å². The van der Waals surface area contributed by atoms with Crippen molar-refractivity contribution in [2.45, 2.75) is 32.8 Å². The molecule has 3 rings (SSSR count). The molecule has 0 atom stereocenters. The molecule has 0 bridgehead atoms. The Kier molecular flexibility index (Phi) is 7.25. The van der Waals surface area contributed by atoms with E-state index in [0.717, 1.165) is 18.4 Å². The highest BCUT2D eigenvalue weighted by molar-refractivity contribution is 9.10. The van der Waals surface area contributed by atoms with Crippen LogP contribution in [0.1, 0.15) is 43.1 Å². The van der Waals surface area contributed by atoms with Crippen LogP contribution in [0.5, 0.6) is 0 Å². The van der Waals surface area contributed by atoms with E-state index < -0.39 is 5.60 Å². The SMILES string of the molecule is C.CC(=O)c1ccc(F)cc1Br.OC1(c2ccc(F)cc2Br)CC1. The summed E-state index contributed by atoms with van der Waals surface area (Å²) in [6, 6.07) is 8.38. The zero-order valence-corrected chi connectivity index (χ0v) is 15.4. The molecule has 0 amide bonds. The number of hydrogen-bond donors (Lipinski definition) is 1. The minimum atomic E-state index is -0.688. The molecule has 1 fully saturated rings. The van der Waals surface area contributed by atoms with Gasteiger partial charge in [-0.15, -0.1) is 0 Å². The van der Waals surface area contributed by atoms with Crippen molar-refractivity contribution in [3.8, 4) is 0 Å². The summed E-state index contributed by atoms with van der Waals surface area (Å²) in [5.74, 6) is -0.700. The molecule has 130 valence electrons. The van der Waals surface area contributed by atoms with Gasteiger partial charge in [-0.05, 0) is 71.6 Å². The Morgan fingerprint density at radius 2 is 1.54 bits per heavy atom. The van der Waals surface area contributed by atoms with Gasteiger partial charge < -0.3 is 5.11 Å². The van der Waals surface area contributed by atoms with E-state index in [1.54, 1.807) is 6.07 Å². The molecule has 0 radical (unpaired) electrons. The number of rotatable bonds is 2. The van der Waals surface area contributed by atoms with Crippen LogP contribution in [0, 0.1) is 11.6 Å². The second kappa shape index (κ2) is 8.32. The first-order chi connectivity index (χ1) is 10.7. The van der Waals surface area contributed by atoms with Gasteiger partial charge in [0.1, 0.15) is 11.6 Å². The van der Waals surface area contributed by atoms with Crippen LogP contribution < -0.4 is 0 Å². The molecule has 1 aliphatic carbocycles. The van der Waals surface area contributed by atoms with Gasteiger partial charge >= 0.3 is 0 Å². The molecule has 2 aromatic carbocycles. The van der Waals surface area contributed by atoms with Crippen molar-refractivity contribution >= 4 is 37.6 Å². The molecule has 6 heteroatoms. The third kappa shape index (κ3) is 5.19. The average molecular weight is 464 g/mol. The Balaban J connectivity index is 0.000000232. The van der Waals surface area contributed by atoms with Gasteiger partial charge in [0.25, 0.3) is 0 Å². The first-order valence-electron chi connectivity index (χ1n) is 6.87. The number of Topliss-reactive ketones (excluding diaryl/α,β-unsaturated/α-hetero) is 1. The molecular weight excluding hydrogens is 446 g/mol. The number of carbonyl (C=O) groups is 1.